The van der Waals surface area contributed by atoms with Crippen LogP contribution in [0.25, 0.3) is 22.2 Å². The Bertz CT molecular complexity index is 1740. The second-order valence-electron chi connectivity index (χ2n) is 12.0. The molecule has 1 amide bonds. The Balaban J connectivity index is 1.41. The highest BCUT2D eigenvalue weighted by Gasteiger charge is 2.31. The molecule has 2 aromatic heterocycles. The van der Waals surface area contributed by atoms with Gasteiger partial charge in [0.05, 0.1) is 47.5 Å². The first-order chi connectivity index (χ1) is 21.8. The van der Waals surface area contributed by atoms with Crippen molar-refractivity contribution in [3.05, 3.63) is 60.8 Å². The van der Waals surface area contributed by atoms with Crippen LogP contribution in [-0.4, -0.2) is 85.9 Å². The van der Waals surface area contributed by atoms with E-state index >= 15 is 0 Å². The number of carbonyl (C=O) groups is 1. The van der Waals surface area contributed by atoms with Gasteiger partial charge in [-0.3, -0.25) is 4.79 Å². The van der Waals surface area contributed by atoms with Crippen LogP contribution in [-0.2, 0) is 17.8 Å². The van der Waals surface area contributed by atoms with Crippen LogP contribution in [0, 0.1) is 0 Å². The molecule has 2 aliphatic heterocycles. The number of benzene rings is 2. The summed E-state index contributed by atoms with van der Waals surface area (Å²) in [6, 6.07) is 12.1. The zero-order chi connectivity index (χ0) is 31.7. The molecule has 11 heteroatoms. The molecule has 45 heavy (non-hydrogen) atoms. The second-order valence-corrected chi connectivity index (χ2v) is 12.0. The molecule has 1 atom stereocenters. The van der Waals surface area contributed by atoms with Gasteiger partial charge in [-0.1, -0.05) is 24.8 Å². The molecule has 2 aliphatic rings. The highest BCUT2D eigenvalue weighted by Crippen LogP contribution is 2.45. The summed E-state index contributed by atoms with van der Waals surface area (Å²) < 4.78 is 22.7. The number of amides is 1. The lowest BCUT2D eigenvalue weighted by molar-refractivity contribution is -0.111. The Kier molecular flexibility index (Phi) is 8.62. The number of nitrogens with zero attached hydrogens (tertiary/aromatic N) is 6. The number of methoxy groups -OCH3 is 1. The highest BCUT2D eigenvalue weighted by atomic mass is 19.1. The van der Waals surface area contributed by atoms with Crippen molar-refractivity contribution in [3.8, 4) is 17.0 Å². The van der Waals surface area contributed by atoms with Crippen molar-refractivity contribution in [2.45, 2.75) is 32.0 Å². The van der Waals surface area contributed by atoms with Gasteiger partial charge in [-0.25, -0.2) is 14.4 Å². The summed E-state index contributed by atoms with van der Waals surface area (Å²) in [5.41, 5.74) is 6.28. The van der Waals surface area contributed by atoms with E-state index in [0.717, 1.165) is 60.6 Å². The van der Waals surface area contributed by atoms with Crippen molar-refractivity contribution < 1.29 is 13.9 Å². The Morgan fingerprint density at radius 2 is 2.02 bits per heavy atom. The normalized spacial score (nSPS) is 15.9. The quantitative estimate of drug-likeness (QED) is 0.216. The molecule has 6 rings (SSSR count). The maximum atomic E-state index is 14.5. The first-order valence-corrected chi connectivity index (χ1v) is 15.4. The van der Waals surface area contributed by atoms with Crippen LogP contribution in [0.15, 0.2) is 55.3 Å². The number of anilines is 5. The summed E-state index contributed by atoms with van der Waals surface area (Å²) in [4.78, 5) is 28.3. The molecule has 4 aromatic rings. The third-order valence-electron chi connectivity index (χ3n) is 8.61. The fourth-order valence-corrected chi connectivity index (χ4v) is 6.40. The third-order valence-corrected chi connectivity index (χ3v) is 8.61. The molecule has 236 valence electrons. The number of likely N-dealkylation sites (N-methyl/N-ethyl adjacent to an activating group) is 2. The van der Waals surface area contributed by atoms with Crippen molar-refractivity contribution in [1.82, 2.24) is 19.4 Å². The van der Waals surface area contributed by atoms with Crippen LogP contribution in [0.5, 0.6) is 5.75 Å². The highest BCUT2D eigenvalue weighted by molar-refractivity contribution is 6.04. The molecule has 0 radical (unpaired) electrons. The predicted octanol–water partition coefficient (Wildman–Crippen LogP) is 5.47. The second kappa shape index (κ2) is 12.8. The number of alkyl halides is 1. The van der Waals surface area contributed by atoms with E-state index in [-0.39, 0.29) is 5.91 Å². The molecular weight excluding hydrogens is 571 g/mol. The number of halogens is 1. The van der Waals surface area contributed by atoms with Gasteiger partial charge in [-0.05, 0) is 57.1 Å². The van der Waals surface area contributed by atoms with Crippen molar-refractivity contribution in [2.75, 3.05) is 74.9 Å². The molecule has 2 N–H and O–H groups in total. The van der Waals surface area contributed by atoms with Gasteiger partial charge in [-0.2, -0.15) is 0 Å². The molecule has 0 spiro atoms. The number of hydrogen-bond acceptors (Lipinski definition) is 8. The van der Waals surface area contributed by atoms with Gasteiger partial charge in [-0.15, -0.1) is 0 Å². The third kappa shape index (κ3) is 6.04. The summed E-state index contributed by atoms with van der Waals surface area (Å²) in [6.45, 7) is 7.11. The van der Waals surface area contributed by atoms with Crippen LogP contribution in [0.2, 0.25) is 0 Å². The minimum absolute atomic E-state index is 0.315. The average molecular weight is 613 g/mol. The number of rotatable bonds is 11. The van der Waals surface area contributed by atoms with Crippen LogP contribution < -0.4 is 25.2 Å². The number of ether oxygens (including phenoxy) is 1. The number of aromatic nitrogens is 3. The largest absolute Gasteiger partial charge is 0.494 e. The van der Waals surface area contributed by atoms with Gasteiger partial charge in [0.15, 0.2) is 0 Å². The summed E-state index contributed by atoms with van der Waals surface area (Å²) in [7, 11) is 7.62. The van der Waals surface area contributed by atoms with E-state index < -0.39 is 6.17 Å². The Morgan fingerprint density at radius 3 is 2.76 bits per heavy atom. The van der Waals surface area contributed by atoms with E-state index in [9.17, 15) is 9.18 Å². The zero-order valence-corrected chi connectivity index (χ0v) is 26.4. The van der Waals surface area contributed by atoms with Crippen molar-refractivity contribution in [2.24, 2.45) is 0 Å². The molecule has 0 aliphatic carbocycles. The van der Waals surface area contributed by atoms with E-state index in [2.05, 4.69) is 59.7 Å². The number of hydrogen-bond donors (Lipinski definition) is 2. The molecule has 0 bridgehead atoms. The van der Waals surface area contributed by atoms with Crippen molar-refractivity contribution in [1.29, 1.82) is 0 Å². The molecular formula is C34H41FN8O2. The van der Waals surface area contributed by atoms with Crippen LogP contribution >= 0.6 is 0 Å². The van der Waals surface area contributed by atoms with Gasteiger partial charge in [0.25, 0.3) is 0 Å². The lowest BCUT2D eigenvalue weighted by Crippen LogP contribution is -2.29. The molecule has 4 heterocycles. The molecule has 1 fully saturated rings. The number of aryl methyl sites for hydroxylation is 2. The lowest BCUT2D eigenvalue weighted by Gasteiger charge is -2.26. The fraction of sp³-hybridized carbons (Fsp3) is 0.382. The topological polar surface area (TPSA) is 90.8 Å². The first kappa shape index (κ1) is 30.4. The minimum Gasteiger partial charge on any atom is -0.494 e. The maximum absolute atomic E-state index is 14.5. The maximum Gasteiger partial charge on any atom is 0.247 e. The van der Waals surface area contributed by atoms with Gasteiger partial charge in [0.1, 0.15) is 17.7 Å². The Hall–Kier alpha value is -4.64. The average Bonchev–Trinajstić information content (AvgIpc) is 3.62. The van der Waals surface area contributed by atoms with Crippen molar-refractivity contribution >= 4 is 45.6 Å². The fourth-order valence-electron chi connectivity index (χ4n) is 6.40. The van der Waals surface area contributed by atoms with E-state index in [1.807, 2.05) is 39.3 Å². The zero-order valence-electron chi connectivity index (χ0n) is 26.4. The van der Waals surface area contributed by atoms with Crippen molar-refractivity contribution in [3.63, 3.8) is 0 Å². The van der Waals surface area contributed by atoms with Gasteiger partial charge >= 0.3 is 0 Å². The van der Waals surface area contributed by atoms with E-state index in [4.69, 9.17) is 9.72 Å². The summed E-state index contributed by atoms with van der Waals surface area (Å²) in [6.07, 6.45) is 4.72. The molecule has 10 nitrogen and oxygen atoms in total. The van der Waals surface area contributed by atoms with E-state index in [0.29, 0.717) is 42.6 Å². The van der Waals surface area contributed by atoms with E-state index in [1.54, 1.807) is 13.3 Å². The lowest BCUT2D eigenvalue weighted by atomic mass is 10.0. The van der Waals surface area contributed by atoms with Gasteiger partial charge < -0.3 is 34.6 Å². The van der Waals surface area contributed by atoms with Crippen LogP contribution in [0.3, 0.4) is 0 Å². The number of carbonyl (C=O) groups excluding carboxylic acids is 1. The minimum atomic E-state index is -0.845. The standard InChI is InChI=1S/C34H41FN8O2/c1-6-30(44)37-26-19-27(29(45-5)20-28(26)41(4)18-17-40(2)3)39-34-36-14-12-25(38-34)31-24-11-7-9-22-10-8-15-43(32(22)24)33(31)42-16-13-23(35)21-42/h6-7,9,11-12,14,19-20,23H,1,8,10,13,15-18,21H2,2-5H3,(H,37,44)(H,36,38,39). The molecule has 0 saturated carbocycles. The SMILES string of the molecule is C=CC(=O)Nc1cc(Nc2nccc(-c3c(N4CCC(F)C4)n4c5c(cccc35)CCC4)n2)c(OC)cc1N(C)CCN(C)C. The molecule has 1 unspecified atom stereocenters. The van der Waals surface area contributed by atoms with Crippen LogP contribution in [0.1, 0.15) is 18.4 Å². The summed E-state index contributed by atoms with van der Waals surface area (Å²) in [5.74, 6) is 1.66. The summed E-state index contributed by atoms with van der Waals surface area (Å²) in [5, 5.41) is 7.39. The summed E-state index contributed by atoms with van der Waals surface area (Å²) >= 11 is 0. The predicted molar refractivity (Wildman–Crippen MR) is 180 cm³/mol. The van der Waals surface area contributed by atoms with Gasteiger partial charge in [0, 0.05) is 50.9 Å². The van der Waals surface area contributed by atoms with E-state index in [1.165, 1.54) is 17.2 Å². The molecule has 1 saturated heterocycles. The Morgan fingerprint density at radius 1 is 1.18 bits per heavy atom. The monoisotopic (exact) mass is 612 g/mol. The smallest absolute Gasteiger partial charge is 0.247 e. The van der Waals surface area contributed by atoms with Gasteiger partial charge in [0.2, 0.25) is 11.9 Å². The number of nitrogens with one attached hydrogen (secondary N) is 2. The number of para-hydroxylation sites is 1. The Labute approximate surface area is 263 Å². The first-order valence-electron chi connectivity index (χ1n) is 15.4. The van der Waals surface area contributed by atoms with Crippen LogP contribution in [0.4, 0.5) is 33.2 Å². The molecule has 2 aromatic carbocycles.